The molecule has 2 N–H and O–H groups in total. The highest BCUT2D eigenvalue weighted by Gasteiger charge is 2.38. The summed E-state index contributed by atoms with van der Waals surface area (Å²) >= 11 is 6.04. The fourth-order valence-electron chi connectivity index (χ4n) is 4.66. The summed E-state index contributed by atoms with van der Waals surface area (Å²) in [5, 5.41) is 6.96. The maximum Gasteiger partial charge on any atom is 0.232 e. The quantitative estimate of drug-likeness (QED) is 0.850. The highest BCUT2D eigenvalue weighted by atomic mass is 35.5. The van der Waals surface area contributed by atoms with Gasteiger partial charge in [0.1, 0.15) is 0 Å². The molecule has 3 aliphatic rings. The molecule has 5 nitrogen and oxygen atoms in total. The Labute approximate surface area is 159 Å². The zero-order valence-corrected chi connectivity index (χ0v) is 15.7. The molecule has 26 heavy (non-hydrogen) atoms. The maximum absolute atomic E-state index is 12.5. The predicted molar refractivity (Wildman–Crippen MR) is 102 cm³/mol. The number of nitrogens with zero attached hydrogens (tertiary/aromatic N) is 1. The zero-order chi connectivity index (χ0) is 18.1. The van der Waals surface area contributed by atoms with E-state index in [0.717, 1.165) is 56.7 Å². The van der Waals surface area contributed by atoms with Crippen molar-refractivity contribution in [1.82, 2.24) is 10.2 Å². The minimum absolute atomic E-state index is 0.0702. The Morgan fingerprint density at radius 1 is 1.23 bits per heavy atom. The normalized spacial score (nSPS) is 26.0. The van der Waals surface area contributed by atoms with E-state index in [1.54, 1.807) is 0 Å². The van der Waals surface area contributed by atoms with Crippen molar-refractivity contribution < 1.29 is 9.59 Å². The molecule has 140 valence electrons. The molecule has 0 radical (unpaired) electrons. The van der Waals surface area contributed by atoms with E-state index in [-0.39, 0.29) is 17.7 Å². The molecule has 3 heterocycles. The number of piperidine rings is 1. The third-order valence-corrected chi connectivity index (χ3v) is 6.42. The highest BCUT2D eigenvalue weighted by molar-refractivity contribution is 6.31. The standard InChI is InChI=1S/C20H26ClN3O2/c21-15-2-3-16-17(11-15)23-20(26)19(16)14-6-9-24(10-7-14)18(25)4-1-13-5-8-22-12-13/h2-3,11,13-14,19,22H,1,4-10,12H2,(H,23,26). The maximum atomic E-state index is 12.5. The first-order valence-corrected chi connectivity index (χ1v) is 10.1. The van der Waals surface area contributed by atoms with Gasteiger partial charge in [-0.2, -0.15) is 0 Å². The van der Waals surface area contributed by atoms with Gasteiger partial charge in [-0.05, 0) is 68.3 Å². The van der Waals surface area contributed by atoms with E-state index in [4.69, 9.17) is 11.6 Å². The second-order valence-electron chi connectivity index (χ2n) is 7.81. The van der Waals surface area contributed by atoms with Crippen molar-refractivity contribution >= 4 is 29.1 Å². The highest BCUT2D eigenvalue weighted by Crippen LogP contribution is 2.42. The number of carbonyl (C=O) groups excluding carboxylic acids is 2. The fraction of sp³-hybridized carbons (Fsp3) is 0.600. The van der Waals surface area contributed by atoms with Crippen LogP contribution in [0.15, 0.2) is 18.2 Å². The van der Waals surface area contributed by atoms with Crippen molar-refractivity contribution in [3.8, 4) is 0 Å². The molecule has 2 unspecified atom stereocenters. The number of anilines is 1. The number of likely N-dealkylation sites (tertiary alicyclic amines) is 1. The molecule has 0 aromatic heterocycles. The van der Waals surface area contributed by atoms with Crippen molar-refractivity contribution in [3.63, 3.8) is 0 Å². The Morgan fingerprint density at radius 3 is 2.77 bits per heavy atom. The van der Waals surface area contributed by atoms with Crippen molar-refractivity contribution in [1.29, 1.82) is 0 Å². The Kier molecular flexibility index (Phi) is 5.18. The largest absolute Gasteiger partial charge is 0.343 e. The molecule has 0 bridgehead atoms. The van der Waals surface area contributed by atoms with Gasteiger partial charge in [0.05, 0.1) is 5.92 Å². The summed E-state index contributed by atoms with van der Waals surface area (Å²) in [6.45, 7) is 3.66. The van der Waals surface area contributed by atoms with E-state index >= 15 is 0 Å². The number of hydrogen-bond acceptors (Lipinski definition) is 3. The van der Waals surface area contributed by atoms with Crippen LogP contribution in [0.1, 0.15) is 43.6 Å². The van der Waals surface area contributed by atoms with Gasteiger partial charge in [-0.25, -0.2) is 0 Å². The SMILES string of the molecule is O=C1Nc2cc(Cl)ccc2C1C1CCN(C(=O)CCC2CCNC2)CC1. The minimum Gasteiger partial charge on any atom is -0.343 e. The van der Waals surface area contributed by atoms with E-state index in [2.05, 4.69) is 10.6 Å². The third-order valence-electron chi connectivity index (χ3n) is 6.18. The van der Waals surface area contributed by atoms with Gasteiger partial charge in [-0.3, -0.25) is 9.59 Å². The lowest BCUT2D eigenvalue weighted by Gasteiger charge is -2.34. The van der Waals surface area contributed by atoms with Gasteiger partial charge in [0.15, 0.2) is 0 Å². The summed E-state index contributed by atoms with van der Waals surface area (Å²) in [6.07, 6.45) is 4.61. The smallest absolute Gasteiger partial charge is 0.232 e. The average molecular weight is 376 g/mol. The Morgan fingerprint density at radius 2 is 2.04 bits per heavy atom. The first-order valence-electron chi connectivity index (χ1n) is 9.70. The zero-order valence-electron chi connectivity index (χ0n) is 15.0. The van der Waals surface area contributed by atoms with Crippen LogP contribution in [0.2, 0.25) is 5.02 Å². The van der Waals surface area contributed by atoms with Crippen molar-refractivity contribution in [2.45, 2.75) is 38.0 Å². The second kappa shape index (κ2) is 7.57. The molecule has 1 aromatic rings. The number of carbonyl (C=O) groups is 2. The molecule has 1 aromatic carbocycles. The molecule has 3 aliphatic heterocycles. The molecule has 0 saturated carbocycles. The summed E-state index contributed by atoms with van der Waals surface area (Å²) in [5.74, 6) is 1.19. The third kappa shape index (κ3) is 3.60. The summed E-state index contributed by atoms with van der Waals surface area (Å²) in [4.78, 5) is 27.0. The van der Waals surface area contributed by atoms with Gasteiger partial charge >= 0.3 is 0 Å². The van der Waals surface area contributed by atoms with E-state index in [0.29, 0.717) is 23.3 Å². The van der Waals surface area contributed by atoms with Gasteiger partial charge in [0.25, 0.3) is 0 Å². The number of amides is 2. The molecule has 2 amide bonds. The molecule has 2 atom stereocenters. The molecule has 2 fully saturated rings. The van der Waals surface area contributed by atoms with E-state index in [1.165, 1.54) is 6.42 Å². The molecule has 0 spiro atoms. The van der Waals surface area contributed by atoms with Gasteiger partial charge in [0.2, 0.25) is 11.8 Å². The molecule has 2 saturated heterocycles. The predicted octanol–water partition coefficient (Wildman–Crippen LogP) is 3.00. The van der Waals surface area contributed by atoms with Gasteiger partial charge in [-0.15, -0.1) is 0 Å². The first kappa shape index (κ1) is 17.8. The molecule has 6 heteroatoms. The molecule has 4 rings (SSSR count). The monoisotopic (exact) mass is 375 g/mol. The first-order chi connectivity index (χ1) is 12.6. The summed E-state index contributed by atoms with van der Waals surface area (Å²) in [7, 11) is 0. The molecular weight excluding hydrogens is 350 g/mol. The Hall–Kier alpha value is -1.59. The van der Waals surface area contributed by atoms with E-state index in [9.17, 15) is 9.59 Å². The van der Waals surface area contributed by atoms with Crippen LogP contribution in [0.5, 0.6) is 0 Å². The van der Waals surface area contributed by atoms with Crippen LogP contribution in [0.4, 0.5) is 5.69 Å². The van der Waals surface area contributed by atoms with Crippen LogP contribution in [-0.4, -0.2) is 42.9 Å². The van der Waals surface area contributed by atoms with Gasteiger partial charge in [-0.1, -0.05) is 17.7 Å². The average Bonchev–Trinajstić information content (AvgIpc) is 3.26. The van der Waals surface area contributed by atoms with Crippen LogP contribution < -0.4 is 10.6 Å². The molecular formula is C20H26ClN3O2. The van der Waals surface area contributed by atoms with E-state index in [1.807, 2.05) is 23.1 Å². The number of hydrogen-bond donors (Lipinski definition) is 2. The van der Waals surface area contributed by atoms with E-state index < -0.39 is 0 Å². The van der Waals surface area contributed by atoms with Crippen molar-refractivity contribution in [3.05, 3.63) is 28.8 Å². The number of nitrogens with one attached hydrogen (secondary N) is 2. The number of halogens is 1. The second-order valence-corrected chi connectivity index (χ2v) is 8.25. The molecule has 0 aliphatic carbocycles. The minimum atomic E-state index is -0.107. The lowest BCUT2D eigenvalue weighted by molar-refractivity contribution is -0.133. The summed E-state index contributed by atoms with van der Waals surface area (Å²) in [5.41, 5.74) is 1.90. The number of rotatable bonds is 4. The van der Waals surface area contributed by atoms with Crippen LogP contribution in [0.3, 0.4) is 0 Å². The lowest BCUT2D eigenvalue weighted by atomic mass is 9.80. The summed E-state index contributed by atoms with van der Waals surface area (Å²) in [6, 6.07) is 5.64. The lowest BCUT2D eigenvalue weighted by Crippen LogP contribution is -2.40. The van der Waals surface area contributed by atoms with Crippen LogP contribution in [-0.2, 0) is 9.59 Å². The Balaban J connectivity index is 1.32. The Bertz CT molecular complexity index is 694. The van der Waals surface area contributed by atoms with Gasteiger partial charge < -0.3 is 15.5 Å². The van der Waals surface area contributed by atoms with Crippen molar-refractivity contribution in [2.24, 2.45) is 11.8 Å². The summed E-state index contributed by atoms with van der Waals surface area (Å²) < 4.78 is 0. The number of fused-ring (bicyclic) bond motifs is 1. The van der Waals surface area contributed by atoms with Crippen LogP contribution in [0.25, 0.3) is 0 Å². The fourth-order valence-corrected chi connectivity index (χ4v) is 4.83. The number of benzene rings is 1. The van der Waals surface area contributed by atoms with Crippen LogP contribution in [0, 0.1) is 11.8 Å². The van der Waals surface area contributed by atoms with Crippen molar-refractivity contribution in [2.75, 3.05) is 31.5 Å². The van der Waals surface area contributed by atoms with Gasteiger partial charge in [0, 0.05) is 30.2 Å². The van der Waals surface area contributed by atoms with Crippen LogP contribution >= 0.6 is 11.6 Å². The topological polar surface area (TPSA) is 61.4 Å².